The summed E-state index contributed by atoms with van der Waals surface area (Å²) in [5.74, 6) is 0.138. The fourth-order valence-corrected chi connectivity index (χ4v) is 2.73. The topological polar surface area (TPSA) is 47.5 Å². The number of para-hydroxylation sites is 2. The summed E-state index contributed by atoms with van der Waals surface area (Å²) in [6, 6.07) is 15.9. The number of rotatable bonds is 7. The van der Waals surface area contributed by atoms with Crippen molar-refractivity contribution in [3.05, 3.63) is 71.9 Å². The molecule has 152 valence electrons. The van der Waals surface area contributed by atoms with E-state index in [1.54, 1.807) is 31.2 Å². The van der Waals surface area contributed by atoms with E-state index in [2.05, 4.69) is 9.97 Å². The Labute approximate surface area is 166 Å². The molecule has 0 aliphatic rings. The van der Waals surface area contributed by atoms with Crippen molar-refractivity contribution in [2.75, 3.05) is 18.6 Å². The van der Waals surface area contributed by atoms with E-state index in [0.29, 0.717) is 18.0 Å². The van der Waals surface area contributed by atoms with Gasteiger partial charge in [0.25, 0.3) is 0 Å². The van der Waals surface area contributed by atoms with E-state index >= 15 is 0 Å². The smallest absolute Gasteiger partial charge is 0.421 e. The molecule has 1 aromatic heterocycles. The lowest BCUT2D eigenvalue weighted by Crippen LogP contribution is -2.20. The highest BCUT2D eigenvalue weighted by Gasteiger charge is 2.37. The number of nitrogens with zero attached hydrogens (tertiary/aromatic N) is 3. The van der Waals surface area contributed by atoms with Gasteiger partial charge in [0, 0.05) is 13.2 Å². The van der Waals surface area contributed by atoms with Gasteiger partial charge in [0.1, 0.15) is 17.9 Å². The molecule has 0 saturated heterocycles. The Morgan fingerprint density at radius 1 is 0.966 bits per heavy atom. The molecular weight excluding hydrogens is 383 g/mol. The molecule has 2 aromatic carbocycles. The van der Waals surface area contributed by atoms with Crippen LogP contribution in [0.15, 0.2) is 60.8 Å². The molecule has 0 bridgehead atoms. The average Bonchev–Trinajstić information content (AvgIpc) is 2.72. The van der Waals surface area contributed by atoms with Crippen molar-refractivity contribution in [1.82, 2.24) is 9.97 Å². The third kappa shape index (κ3) is 4.96. The Morgan fingerprint density at radius 2 is 1.66 bits per heavy atom. The van der Waals surface area contributed by atoms with Gasteiger partial charge in [0.05, 0.1) is 12.3 Å². The maximum absolute atomic E-state index is 13.6. The van der Waals surface area contributed by atoms with Crippen LogP contribution in [0.5, 0.6) is 11.8 Å². The van der Waals surface area contributed by atoms with Crippen molar-refractivity contribution >= 4 is 11.5 Å². The molecule has 3 aromatic rings. The van der Waals surface area contributed by atoms with Crippen LogP contribution in [0.4, 0.5) is 24.7 Å². The highest BCUT2D eigenvalue weighted by atomic mass is 19.4. The molecule has 0 aliphatic heterocycles. The molecular formula is C21H20F3N3O2. The first-order valence-corrected chi connectivity index (χ1v) is 8.96. The minimum absolute atomic E-state index is 0.141. The summed E-state index contributed by atoms with van der Waals surface area (Å²) in [7, 11) is 1.50. The summed E-state index contributed by atoms with van der Waals surface area (Å²) in [5, 5.41) is 0. The molecule has 0 unspecified atom stereocenters. The molecule has 0 N–H and O–H groups in total. The van der Waals surface area contributed by atoms with Gasteiger partial charge in [-0.15, -0.1) is 0 Å². The second kappa shape index (κ2) is 8.81. The van der Waals surface area contributed by atoms with Crippen molar-refractivity contribution < 1.29 is 22.6 Å². The molecule has 0 aliphatic carbocycles. The maximum Gasteiger partial charge on any atom is 0.421 e. The number of hydrogen-bond acceptors (Lipinski definition) is 5. The molecule has 0 radical (unpaired) electrons. The lowest BCUT2D eigenvalue weighted by atomic mass is 10.2. The van der Waals surface area contributed by atoms with E-state index in [1.807, 2.05) is 30.3 Å². The fraction of sp³-hybridized carbons (Fsp3) is 0.238. The van der Waals surface area contributed by atoms with E-state index in [9.17, 15) is 13.2 Å². The van der Waals surface area contributed by atoms with Gasteiger partial charge in [0.2, 0.25) is 0 Å². The molecule has 1 heterocycles. The van der Waals surface area contributed by atoms with Crippen LogP contribution in [0.3, 0.4) is 0 Å². The third-order valence-corrected chi connectivity index (χ3v) is 4.11. The first-order valence-electron chi connectivity index (χ1n) is 8.96. The first-order chi connectivity index (χ1) is 13.9. The van der Waals surface area contributed by atoms with Crippen LogP contribution in [0, 0.1) is 0 Å². The van der Waals surface area contributed by atoms with Crippen LogP contribution < -0.4 is 14.4 Å². The number of aromatic nitrogens is 2. The maximum atomic E-state index is 13.6. The zero-order chi connectivity index (χ0) is 20.9. The predicted octanol–water partition coefficient (Wildman–Crippen LogP) is 5.24. The van der Waals surface area contributed by atoms with Crippen LogP contribution in [0.25, 0.3) is 0 Å². The van der Waals surface area contributed by atoms with Crippen LogP contribution >= 0.6 is 0 Å². The minimum atomic E-state index is -4.62. The van der Waals surface area contributed by atoms with E-state index in [4.69, 9.17) is 9.47 Å². The van der Waals surface area contributed by atoms with E-state index in [-0.39, 0.29) is 18.4 Å². The molecule has 3 rings (SSSR count). The van der Waals surface area contributed by atoms with Gasteiger partial charge in [-0.25, -0.2) is 4.98 Å². The summed E-state index contributed by atoms with van der Waals surface area (Å²) in [6.07, 6.45) is -3.88. The Bertz CT molecular complexity index is 949. The predicted molar refractivity (Wildman–Crippen MR) is 103 cm³/mol. The molecule has 0 atom stereocenters. The van der Waals surface area contributed by atoms with Gasteiger partial charge in [-0.1, -0.05) is 42.5 Å². The molecule has 0 spiro atoms. The van der Waals surface area contributed by atoms with Crippen LogP contribution in [-0.4, -0.2) is 23.6 Å². The second-order valence-corrected chi connectivity index (χ2v) is 6.12. The molecule has 0 fully saturated rings. The van der Waals surface area contributed by atoms with Crippen LogP contribution in [0.1, 0.15) is 18.1 Å². The van der Waals surface area contributed by atoms with Gasteiger partial charge < -0.3 is 14.4 Å². The summed E-state index contributed by atoms with van der Waals surface area (Å²) < 4.78 is 51.8. The number of anilines is 2. The molecule has 29 heavy (non-hydrogen) atoms. The third-order valence-electron chi connectivity index (χ3n) is 4.11. The second-order valence-electron chi connectivity index (χ2n) is 6.12. The quantitative estimate of drug-likeness (QED) is 0.540. The highest BCUT2D eigenvalue weighted by Crippen LogP contribution is 2.40. The number of benzene rings is 2. The monoisotopic (exact) mass is 403 g/mol. The first kappa shape index (κ1) is 20.4. The van der Waals surface area contributed by atoms with E-state index in [0.717, 1.165) is 11.8 Å². The lowest BCUT2D eigenvalue weighted by Gasteiger charge is -2.24. The van der Waals surface area contributed by atoms with Crippen LogP contribution in [0.2, 0.25) is 0 Å². The Morgan fingerprint density at radius 3 is 2.34 bits per heavy atom. The van der Waals surface area contributed by atoms with Gasteiger partial charge >= 0.3 is 12.2 Å². The molecule has 0 amide bonds. The fourth-order valence-electron chi connectivity index (χ4n) is 2.73. The van der Waals surface area contributed by atoms with E-state index in [1.165, 1.54) is 11.9 Å². The summed E-state index contributed by atoms with van der Waals surface area (Å²) in [5.41, 5.74) is 0.346. The number of hydrogen-bond donors (Lipinski definition) is 0. The van der Waals surface area contributed by atoms with Crippen molar-refractivity contribution in [2.45, 2.75) is 19.7 Å². The number of halogens is 3. The normalized spacial score (nSPS) is 11.2. The highest BCUT2D eigenvalue weighted by molar-refractivity contribution is 5.68. The SMILES string of the molecule is CCOc1ccccc1N(C)c1nc(OCc2ccccc2)ncc1C(F)(F)F. The summed E-state index contributed by atoms with van der Waals surface area (Å²) >= 11 is 0. The van der Waals surface area contributed by atoms with Gasteiger partial charge in [-0.3, -0.25) is 0 Å². The van der Waals surface area contributed by atoms with Crippen molar-refractivity contribution in [1.29, 1.82) is 0 Å². The number of ether oxygens (including phenoxy) is 2. The largest absolute Gasteiger partial charge is 0.492 e. The number of alkyl halides is 3. The minimum Gasteiger partial charge on any atom is -0.492 e. The van der Waals surface area contributed by atoms with Crippen molar-refractivity contribution in [3.63, 3.8) is 0 Å². The van der Waals surface area contributed by atoms with Crippen LogP contribution in [-0.2, 0) is 12.8 Å². The standard InChI is InChI=1S/C21H20F3N3O2/c1-3-28-18-12-8-7-11-17(18)27(2)19-16(21(22,23)24)13-25-20(26-19)29-14-15-9-5-4-6-10-15/h4-13H,3,14H2,1-2H3. The molecule has 0 saturated carbocycles. The zero-order valence-electron chi connectivity index (χ0n) is 16.0. The van der Waals surface area contributed by atoms with Crippen molar-refractivity contribution in [2.24, 2.45) is 0 Å². The van der Waals surface area contributed by atoms with Gasteiger partial charge in [-0.2, -0.15) is 18.2 Å². The molecule has 8 heteroatoms. The van der Waals surface area contributed by atoms with E-state index < -0.39 is 11.7 Å². The zero-order valence-corrected chi connectivity index (χ0v) is 16.0. The lowest BCUT2D eigenvalue weighted by molar-refractivity contribution is -0.137. The Kier molecular flexibility index (Phi) is 6.21. The average molecular weight is 403 g/mol. The van der Waals surface area contributed by atoms with Crippen molar-refractivity contribution in [3.8, 4) is 11.8 Å². The summed E-state index contributed by atoms with van der Waals surface area (Å²) in [6.45, 7) is 2.33. The van der Waals surface area contributed by atoms with Gasteiger partial charge in [0.15, 0.2) is 5.82 Å². The molecule has 5 nitrogen and oxygen atoms in total. The summed E-state index contributed by atoms with van der Waals surface area (Å²) in [4.78, 5) is 9.12. The Balaban J connectivity index is 1.96. The Hall–Kier alpha value is -3.29. The van der Waals surface area contributed by atoms with Gasteiger partial charge in [-0.05, 0) is 24.6 Å².